The lowest BCUT2D eigenvalue weighted by atomic mass is 10.0. The molecule has 0 bridgehead atoms. The molecule has 0 aliphatic carbocycles. The fourth-order valence-electron chi connectivity index (χ4n) is 3.35. The van der Waals surface area contributed by atoms with Gasteiger partial charge in [-0.05, 0) is 56.0 Å². The molecule has 2 N–H and O–H groups in total. The van der Waals surface area contributed by atoms with E-state index in [-0.39, 0.29) is 11.8 Å². The van der Waals surface area contributed by atoms with E-state index >= 15 is 0 Å². The molecule has 1 amide bonds. The molecule has 1 unspecified atom stereocenters. The summed E-state index contributed by atoms with van der Waals surface area (Å²) in [6, 6.07) is 7.52. The maximum Gasteiger partial charge on any atom is 0.254 e. The van der Waals surface area contributed by atoms with E-state index < -0.39 is 0 Å². The first-order valence-corrected chi connectivity index (χ1v) is 9.27. The number of halogens is 1. The Morgan fingerprint density at radius 3 is 3.00 bits per heavy atom. The highest BCUT2D eigenvalue weighted by Gasteiger charge is 2.21. The van der Waals surface area contributed by atoms with Crippen LogP contribution in [0.25, 0.3) is 5.69 Å². The van der Waals surface area contributed by atoms with E-state index in [9.17, 15) is 4.79 Å². The normalized spacial score (nSPS) is 17.2. The van der Waals surface area contributed by atoms with Crippen molar-refractivity contribution in [2.75, 3.05) is 19.6 Å². The first-order valence-electron chi connectivity index (χ1n) is 8.89. The third kappa shape index (κ3) is 4.22. The lowest BCUT2D eigenvalue weighted by molar-refractivity contribution is 0.0950. The second-order valence-electron chi connectivity index (χ2n) is 6.89. The molecular formula is C19H25ClN4O. The molecule has 6 heteroatoms. The second kappa shape index (κ2) is 8.02. The number of rotatable bonds is 6. The molecule has 134 valence electrons. The molecule has 0 saturated carbocycles. The van der Waals surface area contributed by atoms with Gasteiger partial charge in [0.15, 0.2) is 0 Å². The summed E-state index contributed by atoms with van der Waals surface area (Å²) in [6.45, 7) is 6.98. The molecule has 2 aromatic rings. The van der Waals surface area contributed by atoms with Gasteiger partial charge >= 0.3 is 0 Å². The highest BCUT2D eigenvalue weighted by Crippen LogP contribution is 2.24. The van der Waals surface area contributed by atoms with Crippen LogP contribution in [0.15, 0.2) is 30.5 Å². The van der Waals surface area contributed by atoms with E-state index in [1.54, 1.807) is 6.20 Å². The lowest BCUT2D eigenvalue weighted by Gasteiger charge is -2.14. The largest absolute Gasteiger partial charge is 0.352 e. The number of benzene rings is 1. The van der Waals surface area contributed by atoms with E-state index in [1.807, 2.05) is 28.9 Å². The van der Waals surface area contributed by atoms with Gasteiger partial charge in [-0.2, -0.15) is 5.10 Å². The van der Waals surface area contributed by atoms with Crippen LogP contribution in [-0.4, -0.2) is 35.3 Å². The Bertz CT molecular complexity index is 735. The molecule has 0 spiro atoms. The Labute approximate surface area is 153 Å². The standard InChI is InChI=1S/C19H25ClN4O/c1-13(2)18-17(19(25)22-9-7-14-6-8-21-11-14)12-23-24(18)16-5-3-4-15(20)10-16/h3-5,10,12-14,21H,6-9,11H2,1-2H3,(H,22,25). The van der Waals surface area contributed by atoms with Crippen molar-refractivity contribution in [3.8, 4) is 5.69 Å². The molecule has 1 aromatic heterocycles. The summed E-state index contributed by atoms with van der Waals surface area (Å²) in [4.78, 5) is 12.6. The van der Waals surface area contributed by atoms with Gasteiger partial charge in [0.05, 0.1) is 23.1 Å². The van der Waals surface area contributed by atoms with E-state index in [0.29, 0.717) is 23.0 Å². The molecule has 1 aromatic carbocycles. The van der Waals surface area contributed by atoms with Crippen LogP contribution in [0.4, 0.5) is 0 Å². The van der Waals surface area contributed by atoms with Crippen molar-refractivity contribution in [2.24, 2.45) is 5.92 Å². The van der Waals surface area contributed by atoms with Gasteiger partial charge in [0.25, 0.3) is 5.91 Å². The van der Waals surface area contributed by atoms with Gasteiger partial charge in [-0.15, -0.1) is 0 Å². The zero-order chi connectivity index (χ0) is 17.8. The predicted molar refractivity (Wildman–Crippen MR) is 101 cm³/mol. The maximum atomic E-state index is 12.6. The molecule has 25 heavy (non-hydrogen) atoms. The first kappa shape index (κ1) is 18.0. The average Bonchev–Trinajstić information content (AvgIpc) is 3.24. The molecule has 1 aliphatic rings. The summed E-state index contributed by atoms with van der Waals surface area (Å²) in [5.41, 5.74) is 2.41. The SMILES string of the molecule is CC(C)c1c(C(=O)NCCC2CCNC2)cnn1-c1cccc(Cl)c1. The van der Waals surface area contributed by atoms with Crippen molar-refractivity contribution >= 4 is 17.5 Å². The Morgan fingerprint density at radius 1 is 1.48 bits per heavy atom. The number of nitrogens with one attached hydrogen (secondary N) is 2. The molecule has 1 atom stereocenters. The third-order valence-electron chi connectivity index (χ3n) is 4.65. The van der Waals surface area contributed by atoms with Crippen molar-refractivity contribution in [3.63, 3.8) is 0 Å². The summed E-state index contributed by atoms with van der Waals surface area (Å²) in [7, 11) is 0. The number of hydrogen-bond acceptors (Lipinski definition) is 3. The minimum absolute atomic E-state index is 0.0528. The van der Waals surface area contributed by atoms with E-state index in [0.717, 1.165) is 30.9 Å². The van der Waals surface area contributed by atoms with Gasteiger partial charge in [-0.1, -0.05) is 31.5 Å². The zero-order valence-corrected chi connectivity index (χ0v) is 15.5. The Kier molecular flexibility index (Phi) is 5.76. The van der Waals surface area contributed by atoms with Crippen molar-refractivity contribution in [1.82, 2.24) is 20.4 Å². The fourth-order valence-corrected chi connectivity index (χ4v) is 3.53. The molecule has 5 nitrogen and oxygen atoms in total. The molecule has 2 heterocycles. The quantitative estimate of drug-likeness (QED) is 0.830. The van der Waals surface area contributed by atoms with Gasteiger partial charge in [0.1, 0.15) is 0 Å². The van der Waals surface area contributed by atoms with Crippen LogP contribution in [0.3, 0.4) is 0 Å². The van der Waals surface area contributed by atoms with Crippen LogP contribution in [-0.2, 0) is 0 Å². The predicted octanol–water partition coefficient (Wildman–Crippen LogP) is 3.38. The number of aromatic nitrogens is 2. The number of hydrogen-bond donors (Lipinski definition) is 2. The number of amides is 1. The van der Waals surface area contributed by atoms with Crippen LogP contribution in [0.1, 0.15) is 48.7 Å². The lowest BCUT2D eigenvalue weighted by Crippen LogP contribution is -2.27. The smallest absolute Gasteiger partial charge is 0.254 e. The van der Waals surface area contributed by atoms with Crippen LogP contribution in [0.2, 0.25) is 5.02 Å². The van der Waals surface area contributed by atoms with Gasteiger partial charge in [-0.25, -0.2) is 4.68 Å². The zero-order valence-electron chi connectivity index (χ0n) is 14.8. The molecule has 0 radical (unpaired) electrons. The van der Waals surface area contributed by atoms with Crippen molar-refractivity contribution in [1.29, 1.82) is 0 Å². The molecule has 3 rings (SSSR count). The Balaban J connectivity index is 1.75. The number of carbonyl (C=O) groups is 1. The number of carbonyl (C=O) groups excluding carboxylic acids is 1. The van der Waals surface area contributed by atoms with Crippen LogP contribution in [0, 0.1) is 5.92 Å². The van der Waals surface area contributed by atoms with Crippen LogP contribution >= 0.6 is 11.6 Å². The second-order valence-corrected chi connectivity index (χ2v) is 7.33. The van der Waals surface area contributed by atoms with Crippen molar-refractivity contribution < 1.29 is 4.79 Å². The van der Waals surface area contributed by atoms with E-state index in [4.69, 9.17) is 11.6 Å². The molecule has 1 saturated heterocycles. The highest BCUT2D eigenvalue weighted by atomic mass is 35.5. The molecule has 1 aliphatic heterocycles. The first-order chi connectivity index (χ1) is 12.1. The monoisotopic (exact) mass is 360 g/mol. The summed E-state index contributed by atoms with van der Waals surface area (Å²) < 4.78 is 1.81. The van der Waals surface area contributed by atoms with Gasteiger partial charge in [-0.3, -0.25) is 4.79 Å². The fraction of sp³-hybridized carbons (Fsp3) is 0.474. The summed E-state index contributed by atoms with van der Waals surface area (Å²) in [5.74, 6) is 0.781. The number of nitrogens with zero attached hydrogens (tertiary/aromatic N) is 2. The Hall–Kier alpha value is -1.85. The molecule has 1 fully saturated rings. The highest BCUT2D eigenvalue weighted by molar-refractivity contribution is 6.30. The van der Waals surface area contributed by atoms with Crippen LogP contribution < -0.4 is 10.6 Å². The summed E-state index contributed by atoms with van der Waals surface area (Å²) in [5, 5.41) is 11.5. The van der Waals surface area contributed by atoms with Crippen LogP contribution in [0.5, 0.6) is 0 Å². The topological polar surface area (TPSA) is 59.0 Å². The average molecular weight is 361 g/mol. The third-order valence-corrected chi connectivity index (χ3v) is 4.89. The van der Waals surface area contributed by atoms with Gasteiger partial charge in [0.2, 0.25) is 0 Å². The minimum Gasteiger partial charge on any atom is -0.352 e. The van der Waals surface area contributed by atoms with E-state index in [1.165, 1.54) is 6.42 Å². The minimum atomic E-state index is -0.0528. The van der Waals surface area contributed by atoms with Gasteiger partial charge in [0, 0.05) is 11.6 Å². The van der Waals surface area contributed by atoms with Crippen molar-refractivity contribution in [2.45, 2.75) is 32.6 Å². The summed E-state index contributed by atoms with van der Waals surface area (Å²) in [6.07, 6.45) is 3.86. The van der Waals surface area contributed by atoms with E-state index in [2.05, 4.69) is 29.6 Å². The Morgan fingerprint density at radius 2 is 2.32 bits per heavy atom. The summed E-state index contributed by atoms with van der Waals surface area (Å²) >= 11 is 6.10. The van der Waals surface area contributed by atoms with Crippen molar-refractivity contribution in [3.05, 3.63) is 46.7 Å². The molecular weight excluding hydrogens is 336 g/mol. The maximum absolute atomic E-state index is 12.6. The van der Waals surface area contributed by atoms with Gasteiger partial charge < -0.3 is 10.6 Å².